The van der Waals surface area contributed by atoms with Gasteiger partial charge in [-0.1, -0.05) is 12.7 Å². The molecule has 0 bridgehead atoms. The fourth-order valence-corrected chi connectivity index (χ4v) is 2.78. The smallest absolute Gasteiger partial charge is 0.408 e. The number of esters is 2. The number of nitrogens with one attached hydrogen (secondary N) is 1. The zero-order valence-corrected chi connectivity index (χ0v) is 16.4. The second-order valence-corrected chi connectivity index (χ2v) is 7.13. The Morgan fingerprint density at radius 3 is 2.50 bits per heavy atom. The van der Waals surface area contributed by atoms with Crippen LogP contribution in [0, 0.1) is 0 Å². The Morgan fingerprint density at radius 2 is 1.93 bits per heavy atom. The predicted octanol–water partition coefficient (Wildman–Crippen LogP) is 0.499. The molecule has 1 atom stereocenters. The molecule has 2 rings (SSSR count). The highest BCUT2D eigenvalue weighted by Gasteiger charge is 2.50. The summed E-state index contributed by atoms with van der Waals surface area (Å²) in [5, 5.41) is 5.01. The molecule has 1 saturated heterocycles. The second kappa shape index (κ2) is 8.42. The molecule has 2 aliphatic rings. The molecule has 0 aromatic carbocycles. The van der Waals surface area contributed by atoms with E-state index in [9.17, 15) is 19.2 Å². The molecule has 10 nitrogen and oxygen atoms in total. The van der Waals surface area contributed by atoms with Gasteiger partial charge in [0.1, 0.15) is 18.2 Å². The zero-order valence-electron chi connectivity index (χ0n) is 16.4. The van der Waals surface area contributed by atoms with Crippen molar-refractivity contribution < 1.29 is 33.4 Å². The number of amides is 2. The Morgan fingerprint density at radius 1 is 1.25 bits per heavy atom. The van der Waals surface area contributed by atoms with Crippen LogP contribution in [0.4, 0.5) is 4.79 Å². The van der Waals surface area contributed by atoms with E-state index in [0.717, 1.165) is 5.01 Å². The van der Waals surface area contributed by atoms with E-state index in [4.69, 9.17) is 14.2 Å². The quantitative estimate of drug-likeness (QED) is 0.393. The average Bonchev–Trinajstić information content (AvgIpc) is 3.08. The fourth-order valence-electron chi connectivity index (χ4n) is 2.78. The molecule has 0 aromatic heterocycles. The molecule has 1 N–H and O–H groups in total. The Bertz CT molecular complexity index is 723. The maximum absolute atomic E-state index is 12.8. The number of alkyl carbamates (subject to hydrolysis) is 1. The van der Waals surface area contributed by atoms with Gasteiger partial charge in [0, 0.05) is 6.54 Å². The van der Waals surface area contributed by atoms with Crippen molar-refractivity contribution in [3.05, 3.63) is 23.9 Å². The summed E-state index contributed by atoms with van der Waals surface area (Å²) < 4.78 is 15.2. The summed E-state index contributed by atoms with van der Waals surface area (Å²) in [7, 11) is 0. The van der Waals surface area contributed by atoms with E-state index in [0.29, 0.717) is 0 Å². The van der Waals surface area contributed by atoms with Gasteiger partial charge in [0.05, 0.1) is 18.7 Å². The van der Waals surface area contributed by atoms with Gasteiger partial charge in [-0.2, -0.15) is 0 Å². The summed E-state index contributed by atoms with van der Waals surface area (Å²) in [4.78, 5) is 49.5. The topological polar surface area (TPSA) is 114 Å². The number of carbonyl (C=O) groups is 4. The van der Waals surface area contributed by atoms with E-state index in [1.807, 2.05) is 0 Å². The van der Waals surface area contributed by atoms with Crippen molar-refractivity contribution in [2.75, 3.05) is 26.3 Å². The SMILES string of the molecule is C=CCOC(=O)C1=C(C(=O)OCC)CN2C[C@@H](NC(=O)OC(C)(C)C)C(=O)N12. The third-order valence-corrected chi connectivity index (χ3v) is 3.76. The van der Waals surface area contributed by atoms with Crippen LogP contribution in [0.25, 0.3) is 0 Å². The first kappa shape index (κ1) is 21.4. The lowest BCUT2D eigenvalue weighted by Crippen LogP contribution is -2.45. The van der Waals surface area contributed by atoms with Crippen LogP contribution in [0.15, 0.2) is 23.9 Å². The lowest BCUT2D eigenvalue weighted by atomic mass is 10.2. The molecule has 0 aliphatic carbocycles. The Labute approximate surface area is 163 Å². The largest absolute Gasteiger partial charge is 0.463 e. The lowest BCUT2D eigenvalue weighted by molar-refractivity contribution is -0.146. The van der Waals surface area contributed by atoms with Crippen molar-refractivity contribution in [3.8, 4) is 0 Å². The summed E-state index contributed by atoms with van der Waals surface area (Å²) >= 11 is 0. The highest BCUT2D eigenvalue weighted by molar-refractivity contribution is 6.05. The standard InChI is InChI=1S/C18H25N3O7/c1-6-8-27-16(24)13-11(15(23)26-7-2)9-20-10-12(14(22)21(13)20)19-17(25)28-18(3,4)5/h6,12H,1,7-10H2,2-5H3,(H,19,25)/t12-/m1/s1. The molecule has 0 radical (unpaired) electrons. The first-order valence-corrected chi connectivity index (χ1v) is 8.85. The minimum Gasteiger partial charge on any atom is -0.463 e. The van der Waals surface area contributed by atoms with Gasteiger partial charge in [0.2, 0.25) is 0 Å². The van der Waals surface area contributed by atoms with Gasteiger partial charge < -0.3 is 19.5 Å². The molecular weight excluding hydrogens is 370 g/mol. The van der Waals surface area contributed by atoms with Crippen LogP contribution in [0.2, 0.25) is 0 Å². The Balaban J connectivity index is 2.23. The van der Waals surface area contributed by atoms with Crippen molar-refractivity contribution in [2.24, 2.45) is 0 Å². The average molecular weight is 395 g/mol. The summed E-state index contributed by atoms with van der Waals surface area (Å²) in [5.74, 6) is -2.13. The molecule has 0 aromatic rings. The van der Waals surface area contributed by atoms with Crippen LogP contribution in [0.5, 0.6) is 0 Å². The van der Waals surface area contributed by atoms with Gasteiger partial charge in [-0.25, -0.2) is 24.4 Å². The minimum absolute atomic E-state index is 0.0183. The summed E-state index contributed by atoms with van der Waals surface area (Å²) in [6.07, 6.45) is 0.618. The maximum Gasteiger partial charge on any atom is 0.408 e. The molecule has 2 aliphatic heterocycles. The van der Waals surface area contributed by atoms with E-state index in [2.05, 4.69) is 11.9 Å². The zero-order chi connectivity index (χ0) is 21.1. The number of hydrazine groups is 1. The van der Waals surface area contributed by atoms with Crippen LogP contribution in [0.3, 0.4) is 0 Å². The van der Waals surface area contributed by atoms with Crippen molar-refractivity contribution in [3.63, 3.8) is 0 Å². The van der Waals surface area contributed by atoms with Gasteiger partial charge in [0.15, 0.2) is 5.70 Å². The number of nitrogens with zero attached hydrogens (tertiary/aromatic N) is 2. The third kappa shape index (κ3) is 4.69. The molecule has 10 heteroatoms. The Kier molecular flexibility index (Phi) is 6.45. The normalized spacial score (nSPS) is 19.4. The van der Waals surface area contributed by atoms with Crippen LogP contribution >= 0.6 is 0 Å². The van der Waals surface area contributed by atoms with E-state index >= 15 is 0 Å². The van der Waals surface area contributed by atoms with Gasteiger partial charge in [-0.15, -0.1) is 0 Å². The number of hydrogen-bond donors (Lipinski definition) is 1. The van der Waals surface area contributed by atoms with E-state index < -0.39 is 35.6 Å². The van der Waals surface area contributed by atoms with Crippen LogP contribution in [0.1, 0.15) is 27.7 Å². The first-order chi connectivity index (χ1) is 13.1. The monoisotopic (exact) mass is 395 g/mol. The summed E-state index contributed by atoms with van der Waals surface area (Å²) in [6.45, 7) is 10.3. The number of fused-ring (bicyclic) bond motifs is 1. The molecule has 0 unspecified atom stereocenters. The minimum atomic E-state index is -0.930. The number of hydrogen-bond acceptors (Lipinski definition) is 8. The second-order valence-electron chi connectivity index (χ2n) is 7.13. The third-order valence-electron chi connectivity index (χ3n) is 3.76. The molecular formula is C18H25N3O7. The van der Waals surface area contributed by atoms with Crippen LogP contribution < -0.4 is 5.32 Å². The predicted molar refractivity (Wildman–Crippen MR) is 96.4 cm³/mol. The molecule has 2 amide bonds. The van der Waals surface area contributed by atoms with Crippen molar-refractivity contribution in [2.45, 2.75) is 39.3 Å². The number of carbonyl (C=O) groups excluding carboxylic acids is 4. The molecule has 28 heavy (non-hydrogen) atoms. The van der Waals surface area contributed by atoms with Gasteiger partial charge in [0.25, 0.3) is 5.91 Å². The van der Waals surface area contributed by atoms with Crippen molar-refractivity contribution in [1.82, 2.24) is 15.3 Å². The first-order valence-electron chi connectivity index (χ1n) is 8.85. The van der Waals surface area contributed by atoms with E-state index in [-0.39, 0.29) is 37.6 Å². The molecule has 1 fully saturated rings. The van der Waals surface area contributed by atoms with Crippen LogP contribution in [-0.2, 0) is 28.6 Å². The van der Waals surface area contributed by atoms with E-state index in [1.54, 1.807) is 27.7 Å². The highest BCUT2D eigenvalue weighted by Crippen LogP contribution is 2.31. The van der Waals surface area contributed by atoms with Gasteiger partial charge in [-0.05, 0) is 27.7 Å². The fraction of sp³-hybridized carbons (Fsp3) is 0.556. The van der Waals surface area contributed by atoms with Gasteiger partial charge in [-0.3, -0.25) is 4.79 Å². The molecule has 2 heterocycles. The molecule has 0 spiro atoms. The van der Waals surface area contributed by atoms with E-state index in [1.165, 1.54) is 11.1 Å². The maximum atomic E-state index is 12.8. The Hall–Kier alpha value is -2.88. The van der Waals surface area contributed by atoms with Gasteiger partial charge >= 0.3 is 18.0 Å². The summed E-state index contributed by atoms with van der Waals surface area (Å²) in [5.41, 5.74) is -0.905. The summed E-state index contributed by atoms with van der Waals surface area (Å²) in [6, 6.07) is -0.930. The number of ether oxygens (including phenoxy) is 3. The van der Waals surface area contributed by atoms with Crippen LogP contribution in [-0.4, -0.2) is 71.9 Å². The van der Waals surface area contributed by atoms with Crippen molar-refractivity contribution in [1.29, 1.82) is 0 Å². The number of rotatable bonds is 6. The van der Waals surface area contributed by atoms with Crippen molar-refractivity contribution >= 4 is 23.9 Å². The molecule has 154 valence electrons. The molecule has 0 saturated carbocycles. The highest BCUT2D eigenvalue weighted by atomic mass is 16.6. The lowest BCUT2D eigenvalue weighted by Gasteiger charge is -2.21.